The van der Waals surface area contributed by atoms with E-state index in [2.05, 4.69) is 10.6 Å². The van der Waals surface area contributed by atoms with E-state index in [0.717, 1.165) is 34.4 Å². The Morgan fingerprint density at radius 2 is 1.47 bits per heavy atom. The van der Waals surface area contributed by atoms with Crippen molar-refractivity contribution < 1.29 is 46.5 Å². The van der Waals surface area contributed by atoms with Gasteiger partial charge in [0, 0.05) is 17.6 Å². The van der Waals surface area contributed by atoms with Gasteiger partial charge in [0.05, 0.1) is 28.0 Å². The monoisotopic (exact) mass is 678 g/mol. The SMILES string of the molecule is Cc1c(NC(=O)Nc2ccc(OCc3ccc(C(F)(F)F)cc3)cc2)c2cc(F)ccc2n1C(=O)OOC(=O)c1ccc(CN(C)C)cc1. The first-order chi connectivity index (χ1) is 23.3. The summed E-state index contributed by atoms with van der Waals surface area (Å²) < 4.78 is 59.3. The standard InChI is InChI=1S/C35H30F4N4O6/c1-21-31(41-33(45)40-27-13-15-28(16-14-27)47-20-23-6-10-25(11-7-23)35(37,38)39)29-18-26(36)12-17-30(29)43(21)34(46)49-48-32(44)24-8-4-22(5-9-24)19-42(2)3/h4-18H,19-20H2,1-3H3,(H2,40,41,45). The van der Waals surface area contributed by atoms with Crippen molar-refractivity contribution in [1.29, 1.82) is 0 Å². The van der Waals surface area contributed by atoms with Crippen LogP contribution in [0.2, 0.25) is 0 Å². The quantitative estimate of drug-likeness (QED) is 0.0968. The molecule has 1 aromatic heterocycles. The summed E-state index contributed by atoms with van der Waals surface area (Å²) in [6, 6.07) is 20.2. The van der Waals surface area contributed by atoms with E-state index in [9.17, 15) is 31.9 Å². The second kappa shape index (κ2) is 14.5. The highest BCUT2D eigenvalue weighted by atomic mass is 19.4. The third-order valence-electron chi connectivity index (χ3n) is 7.26. The molecule has 1 heterocycles. The molecule has 254 valence electrons. The molecule has 0 saturated carbocycles. The van der Waals surface area contributed by atoms with E-state index in [1.54, 1.807) is 48.5 Å². The summed E-state index contributed by atoms with van der Waals surface area (Å²) in [6.07, 6.45) is -5.53. The molecule has 0 unspecified atom stereocenters. The number of benzene rings is 4. The van der Waals surface area contributed by atoms with Gasteiger partial charge < -0.3 is 20.3 Å². The number of fused-ring (bicyclic) bond motifs is 1. The zero-order valence-electron chi connectivity index (χ0n) is 26.4. The highest BCUT2D eigenvalue weighted by Crippen LogP contribution is 2.32. The first-order valence-corrected chi connectivity index (χ1v) is 14.7. The summed E-state index contributed by atoms with van der Waals surface area (Å²) in [5.41, 5.74) is 1.70. The molecule has 0 spiro atoms. The Hall–Kier alpha value is -5.89. The van der Waals surface area contributed by atoms with Gasteiger partial charge in [0.25, 0.3) is 0 Å². The molecule has 0 aliphatic rings. The minimum atomic E-state index is -4.43. The Labute approximate surface area is 277 Å². The number of carbonyl (C=O) groups is 3. The molecule has 5 rings (SSSR count). The van der Waals surface area contributed by atoms with Crippen LogP contribution in [-0.4, -0.2) is 41.7 Å². The average molecular weight is 679 g/mol. The maximum Gasteiger partial charge on any atom is 0.461 e. The van der Waals surface area contributed by atoms with Crippen molar-refractivity contribution in [2.75, 3.05) is 24.7 Å². The largest absolute Gasteiger partial charge is 0.489 e. The fourth-order valence-electron chi connectivity index (χ4n) is 4.92. The third kappa shape index (κ3) is 8.53. The second-order valence-electron chi connectivity index (χ2n) is 11.2. The lowest BCUT2D eigenvalue weighted by Crippen LogP contribution is -2.21. The smallest absolute Gasteiger partial charge is 0.461 e. The van der Waals surface area contributed by atoms with Crippen molar-refractivity contribution in [2.45, 2.75) is 26.3 Å². The number of rotatable bonds is 8. The molecule has 0 bridgehead atoms. The minimum absolute atomic E-state index is 0.0249. The van der Waals surface area contributed by atoms with Crippen LogP contribution in [0, 0.1) is 12.7 Å². The Balaban J connectivity index is 1.22. The van der Waals surface area contributed by atoms with E-state index >= 15 is 0 Å². The number of urea groups is 1. The van der Waals surface area contributed by atoms with Crippen LogP contribution in [-0.2, 0) is 29.1 Å². The normalized spacial score (nSPS) is 11.3. The highest BCUT2D eigenvalue weighted by molar-refractivity contribution is 6.09. The molecule has 14 heteroatoms. The number of anilines is 2. The van der Waals surface area contributed by atoms with Gasteiger partial charge >= 0.3 is 24.3 Å². The second-order valence-corrected chi connectivity index (χ2v) is 11.2. The van der Waals surface area contributed by atoms with E-state index in [1.807, 2.05) is 19.0 Å². The molecule has 0 atom stereocenters. The topological polar surface area (TPSA) is 111 Å². The van der Waals surface area contributed by atoms with E-state index < -0.39 is 35.7 Å². The summed E-state index contributed by atoms with van der Waals surface area (Å²) in [5.74, 6) is -1.13. The van der Waals surface area contributed by atoms with Crippen molar-refractivity contribution >= 4 is 40.4 Å². The van der Waals surface area contributed by atoms with Crippen molar-refractivity contribution in [1.82, 2.24) is 9.47 Å². The molecule has 49 heavy (non-hydrogen) atoms. The molecule has 0 fully saturated rings. The number of hydrogen-bond acceptors (Lipinski definition) is 7. The number of nitrogens with zero attached hydrogens (tertiary/aromatic N) is 2. The van der Waals surface area contributed by atoms with Crippen molar-refractivity contribution in [3.05, 3.63) is 125 Å². The first-order valence-electron chi connectivity index (χ1n) is 14.7. The van der Waals surface area contributed by atoms with Crippen LogP contribution in [0.3, 0.4) is 0 Å². The summed E-state index contributed by atoms with van der Waals surface area (Å²) in [4.78, 5) is 50.1. The van der Waals surface area contributed by atoms with Crippen LogP contribution in [0.15, 0.2) is 91.0 Å². The van der Waals surface area contributed by atoms with Crippen LogP contribution in [0.25, 0.3) is 10.9 Å². The Kier molecular flexibility index (Phi) is 10.2. The van der Waals surface area contributed by atoms with Gasteiger partial charge in [-0.15, -0.1) is 0 Å². The molecule has 2 amide bonds. The lowest BCUT2D eigenvalue weighted by Gasteiger charge is -2.11. The molecular weight excluding hydrogens is 648 g/mol. The van der Waals surface area contributed by atoms with E-state index in [4.69, 9.17) is 14.5 Å². The van der Waals surface area contributed by atoms with Gasteiger partial charge in [0.1, 0.15) is 18.2 Å². The third-order valence-corrected chi connectivity index (χ3v) is 7.26. The highest BCUT2D eigenvalue weighted by Gasteiger charge is 2.30. The lowest BCUT2D eigenvalue weighted by molar-refractivity contribution is -0.182. The molecule has 0 radical (unpaired) electrons. The predicted octanol–water partition coefficient (Wildman–Crippen LogP) is 8.15. The van der Waals surface area contributed by atoms with Crippen LogP contribution in [0.5, 0.6) is 5.75 Å². The van der Waals surface area contributed by atoms with E-state index in [-0.39, 0.29) is 34.5 Å². The molecule has 5 aromatic rings. The lowest BCUT2D eigenvalue weighted by atomic mass is 10.1. The molecule has 0 aliphatic heterocycles. The summed E-state index contributed by atoms with van der Waals surface area (Å²) in [7, 11) is 3.82. The van der Waals surface area contributed by atoms with Gasteiger partial charge in [0.2, 0.25) is 0 Å². The molecule has 4 aromatic carbocycles. The van der Waals surface area contributed by atoms with Gasteiger partial charge in [-0.05, 0) is 98.9 Å². The van der Waals surface area contributed by atoms with Gasteiger partial charge in [0.15, 0.2) is 0 Å². The maximum absolute atomic E-state index is 14.3. The van der Waals surface area contributed by atoms with Crippen LogP contribution in [0.1, 0.15) is 32.7 Å². The molecular formula is C35H30F4N4O6. The molecule has 2 N–H and O–H groups in total. The summed E-state index contributed by atoms with van der Waals surface area (Å²) in [5, 5.41) is 5.43. The van der Waals surface area contributed by atoms with Gasteiger partial charge in [-0.2, -0.15) is 13.2 Å². The number of hydrogen-bond donors (Lipinski definition) is 2. The Morgan fingerprint density at radius 1 is 0.816 bits per heavy atom. The van der Waals surface area contributed by atoms with Gasteiger partial charge in [-0.3, -0.25) is 0 Å². The van der Waals surface area contributed by atoms with Gasteiger partial charge in [-0.1, -0.05) is 24.3 Å². The van der Waals surface area contributed by atoms with E-state index in [1.165, 1.54) is 25.1 Å². The molecule has 10 nitrogen and oxygen atoms in total. The van der Waals surface area contributed by atoms with E-state index in [0.29, 0.717) is 23.5 Å². The van der Waals surface area contributed by atoms with Crippen LogP contribution in [0.4, 0.5) is 38.5 Å². The van der Waals surface area contributed by atoms with Crippen LogP contribution >= 0.6 is 0 Å². The number of nitrogens with one attached hydrogen (secondary N) is 2. The summed E-state index contributed by atoms with van der Waals surface area (Å²) in [6.45, 7) is 2.18. The summed E-state index contributed by atoms with van der Waals surface area (Å²) >= 11 is 0. The van der Waals surface area contributed by atoms with Crippen molar-refractivity contribution in [3.8, 4) is 5.75 Å². The fourth-order valence-corrected chi connectivity index (χ4v) is 4.92. The molecule has 0 saturated heterocycles. The average Bonchev–Trinajstić information content (AvgIpc) is 3.32. The van der Waals surface area contributed by atoms with Gasteiger partial charge in [-0.25, -0.2) is 33.1 Å². The fraction of sp³-hybridized carbons (Fsp3) is 0.171. The number of ether oxygens (including phenoxy) is 1. The van der Waals surface area contributed by atoms with Crippen LogP contribution < -0.4 is 15.4 Å². The number of aromatic nitrogens is 1. The Bertz CT molecular complexity index is 1970. The minimum Gasteiger partial charge on any atom is -0.489 e. The van der Waals surface area contributed by atoms with Crippen molar-refractivity contribution in [3.63, 3.8) is 0 Å². The number of carbonyl (C=O) groups excluding carboxylic acids is 3. The maximum atomic E-state index is 14.3. The zero-order valence-corrected chi connectivity index (χ0v) is 26.4. The number of amides is 2. The van der Waals surface area contributed by atoms with Crippen molar-refractivity contribution in [2.24, 2.45) is 0 Å². The zero-order chi connectivity index (χ0) is 35.3. The molecule has 0 aliphatic carbocycles. The number of halogens is 4. The predicted molar refractivity (Wildman–Crippen MR) is 173 cm³/mol. The number of alkyl halides is 3. The first kappa shape index (κ1) is 34.4. The Morgan fingerprint density at radius 3 is 2.10 bits per heavy atom.